The van der Waals surface area contributed by atoms with Crippen LogP contribution in [0.5, 0.6) is 0 Å². The average Bonchev–Trinajstić information content (AvgIpc) is 2.77. The summed E-state index contributed by atoms with van der Waals surface area (Å²) in [5.74, 6) is -0.532. The number of anilines is 1. The summed E-state index contributed by atoms with van der Waals surface area (Å²) >= 11 is 0. The molecule has 0 fully saturated rings. The number of fused-ring (bicyclic) bond motifs is 2. The van der Waals surface area contributed by atoms with Gasteiger partial charge in [-0.1, -0.05) is 66.7 Å². The largest absolute Gasteiger partial charge is 0.271 e. The monoisotopic (exact) mass is 431 g/mol. The maximum Gasteiger partial charge on any atom is 0.260 e. The number of carbonyl (C=O) groups is 1. The van der Waals surface area contributed by atoms with Gasteiger partial charge in [-0.15, -0.1) is 0 Å². The number of sulfonamides is 1. The summed E-state index contributed by atoms with van der Waals surface area (Å²) in [6, 6.07) is 26.5. The van der Waals surface area contributed by atoms with E-state index in [2.05, 4.69) is 16.6 Å². The molecule has 31 heavy (non-hydrogen) atoms. The van der Waals surface area contributed by atoms with E-state index in [1.54, 1.807) is 36.5 Å². The molecule has 0 aliphatic rings. The quantitative estimate of drug-likeness (QED) is 0.286. The average molecular weight is 432 g/mol. The third-order valence-corrected chi connectivity index (χ3v) is 6.07. The molecule has 4 aromatic rings. The summed E-state index contributed by atoms with van der Waals surface area (Å²) in [5, 5.41) is 8.30. The molecule has 4 aromatic carbocycles. The zero-order chi connectivity index (χ0) is 21.8. The molecule has 0 aliphatic heterocycles. The van der Waals surface area contributed by atoms with Crippen LogP contribution in [0.4, 0.5) is 5.69 Å². The van der Waals surface area contributed by atoms with E-state index in [-0.39, 0.29) is 6.54 Å². The van der Waals surface area contributed by atoms with Crippen LogP contribution in [0.15, 0.2) is 90.0 Å². The molecule has 0 radical (unpaired) electrons. The van der Waals surface area contributed by atoms with Crippen LogP contribution in [0.3, 0.4) is 0 Å². The molecule has 6 nitrogen and oxygen atoms in total. The van der Waals surface area contributed by atoms with Gasteiger partial charge in [0.2, 0.25) is 10.0 Å². The first-order valence-corrected chi connectivity index (χ1v) is 11.5. The van der Waals surface area contributed by atoms with Crippen molar-refractivity contribution < 1.29 is 13.2 Å². The summed E-state index contributed by atoms with van der Waals surface area (Å²) in [6.07, 6.45) is 2.68. The number of rotatable bonds is 6. The van der Waals surface area contributed by atoms with Crippen molar-refractivity contribution in [2.45, 2.75) is 0 Å². The van der Waals surface area contributed by atoms with Crippen LogP contribution in [0.2, 0.25) is 0 Å². The molecule has 1 amide bonds. The highest BCUT2D eigenvalue weighted by Gasteiger charge is 2.20. The van der Waals surface area contributed by atoms with Gasteiger partial charge in [0.1, 0.15) is 6.54 Å². The maximum atomic E-state index is 12.5. The number of hydrogen-bond acceptors (Lipinski definition) is 4. The van der Waals surface area contributed by atoms with Crippen molar-refractivity contribution >= 4 is 49.4 Å². The van der Waals surface area contributed by atoms with Crippen LogP contribution in [0, 0.1) is 0 Å². The Morgan fingerprint density at radius 1 is 0.903 bits per heavy atom. The Morgan fingerprint density at radius 2 is 1.45 bits per heavy atom. The molecule has 0 saturated carbocycles. The number of nitrogens with zero attached hydrogens (tertiary/aromatic N) is 2. The normalized spacial score (nSPS) is 11.8. The lowest BCUT2D eigenvalue weighted by molar-refractivity contribution is -0.119. The van der Waals surface area contributed by atoms with Crippen LogP contribution < -0.4 is 9.73 Å². The van der Waals surface area contributed by atoms with Crippen molar-refractivity contribution in [2.24, 2.45) is 5.10 Å². The van der Waals surface area contributed by atoms with Gasteiger partial charge in [-0.05, 0) is 39.7 Å². The van der Waals surface area contributed by atoms with Crippen LogP contribution >= 0.6 is 0 Å². The summed E-state index contributed by atoms with van der Waals surface area (Å²) < 4.78 is 25.4. The zero-order valence-electron chi connectivity index (χ0n) is 16.9. The van der Waals surface area contributed by atoms with Gasteiger partial charge in [-0.3, -0.25) is 9.10 Å². The number of benzene rings is 4. The number of hydrazone groups is 1. The smallest absolute Gasteiger partial charge is 0.260 e. The van der Waals surface area contributed by atoms with Crippen molar-refractivity contribution in [3.63, 3.8) is 0 Å². The summed E-state index contributed by atoms with van der Waals surface area (Å²) in [5.41, 5.74) is 3.76. The van der Waals surface area contributed by atoms with E-state index in [0.717, 1.165) is 37.7 Å². The lowest BCUT2D eigenvalue weighted by Gasteiger charge is -2.21. The van der Waals surface area contributed by atoms with E-state index in [1.807, 2.05) is 48.5 Å². The molecule has 4 rings (SSSR count). The lowest BCUT2D eigenvalue weighted by atomic mass is 9.97. The summed E-state index contributed by atoms with van der Waals surface area (Å²) in [4.78, 5) is 12.5. The van der Waals surface area contributed by atoms with E-state index in [9.17, 15) is 13.2 Å². The fourth-order valence-electron chi connectivity index (χ4n) is 3.52. The third-order valence-electron chi connectivity index (χ3n) is 4.93. The lowest BCUT2D eigenvalue weighted by Crippen LogP contribution is -2.38. The maximum absolute atomic E-state index is 12.5. The first-order valence-electron chi connectivity index (χ1n) is 9.68. The molecular formula is C24H21N3O3S. The topological polar surface area (TPSA) is 78.8 Å². The molecule has 0 heterocycles. The fraction of sp³-hybridized carbons (Fsp3) is 0.0833. The van der Waals surface area contributed by atoms with E-state index in [4.69, 9.17) is 0 Å². The van der Waals surface area contributed by atoms with Crippen LogP contribution in [-0.2, 0) is 14.8 Å². The Bertz CT molecular complexity index is 1330. The van der Waals surface area contributed by atoms with Crippen molar-refractivity contribution in [1.82, 2.24) is 5.43 Å². The molecule has 0 spiro atoms. The van der Waals surface area contributed by atoms with E-state index in [0.29, 0.717) is 5.69 Å². The first-order chi connectivity index (χ1) is 14.9. The van der Waals surface area contributed by atoms with Gasteiger partial charge in [-0.2, -0.15) is 5.10 Å². The fourth-order valence-corrected chi connectivity index (χ4v) is 4.37. The van der Waals surface area contributed by atoms with Gasteiger partial charge in [-0.25, -0.2) is 13.8 Å². The highest BCUT2D eigenvalue weighted by atomic mass is 32.2. The van der Waals surface area contributed by atoms with Crippen molar-refractivity contribution in [3.8, 4) is 0 Å². The predicted octanol–water partition coefficient (Wildman–Crippen LogP) is 3.91. The summed E-state index contributed by atoms with van der Waals surface area (Å²) in [6.45, 7) is -0.365. The van der Waals surface area contributed by atoms with Gasteiger partial charge < -0.3 is 0 Å². The van der Waals surface area contributed by atoms with E-state index in [1.165, 1.54) is 0 Å². The minimum atomic E-state index is -3.63. The van der Waals surface area contributed by atoms with Crippen LogP contribution in [-0.4, -0.2) is 33.3 Å². The second kappa shape index (κ2) is 8.57. The molecule has 0 aromatic heterocycles. The number of hydrogen-bond donors (Lipinski definition) is 1. The third kappa shape index (κ3) is 4.57. The highest BCUT2D eigenvalue weighted by molar-refractivity contribution is 7.92. The van der Waals surface area contributed by atoms with Crippen molar-refractivity contribution in [3.05, 3.63) is 90.5 Å². The van der Waals surface area contributed by atoms with Gasteiger partial charge in [0.05, 0.1) is 18.2 Å². The van der Waals surface area contributed by atoms with Crippen LogP contribution in [0.1, 0.15) is 5.56 Å². The summed E-state index contributed by atoms with van der Waals surface area (Å²) in [7, 11) is -3.63. The Morgan fingerprint density at radius 3 is 2.03 bits per heavy atom. The number of amides is 1. The number of nitrogens with one attached hydrogen (secondary N) is 1. The second-order valence-corrected chi connectivity index (χ2v) is 9.04. The molecule has 0 aliphatic carbocycles. The van der Waals surface area contributed by atoms with Crippen LogP contribution in [0.25, 0.3) is 21.5 Å². The molecule has 0 unspecified atom stereocenters. The second-order valence-electron chi connectivity index (χ2n) is 7.13. The van der Waals surface area contributed by atoms with Gasteiger partial charge in [0.15, 0.2) is 0 Å². The van der Waals surface area contributed by atoms with Crippen molar-refractivity contribution in [2.75, 3.05) is 17.1 Å². The molecule has 0 atom stereocenters. The minimum Gasteiger partial charge on any atom is -0.271 e. The SMILES string of the molecule is CS(=O)(=O)N(CC(=O)N/N=C\c1c2ccccc2cc2ccccc12)c1ccccc1. The van der Waals surface area contributed by atoms with Crippen molar-refractivity contribution in [1.29, 1.82) is 0 Å². The molecule has 1 N–H and O–H groups in total. The predicted molar refractivity (Wildman–Crippen MR) is 126 cm³/mol. The Hall–Kier alpha value is -3.71. The highest BCUT2D eigenvalue weighted by Crippen LogP contribution is 2.27. The zero-order valence-corrected chi connectivity index (χ0v) is 17.7. The van der Waals surface area contributed by atoms with E-state index >= 15 is 0 Å². The molecule has 156 valence electrons. The minimum absolute atomic E-state index is 0.365. The molecule has 7 heteroatoms. The Kier molecular flexibility index (Phi) is 5.68. The number of carbonyl (C=O) groups excluding carboxylic acids is 1. The Balaban J connectivity index is 1.59. The van der Waals surface area contributed by atoms with Gasteiger partial charge >= 0.3 is 0 Å². The Labute approximate surface area is 180 Å². The molecule has 0 saturated heterocycles. The molecule has 0 bridgehead atoms. The van der Waals surface area contributed by atoms with Gasteiger partial charge in [0.25, 0.3) is 5.91 Å². The standard InChI is InChI=1S/C24H21N3O3S/c1-31(29,30)27(20-11-3-2-4-12-20)17-24(28)26-25-16-23-21-13-7-5-9-18(21)15-19-10-6-8-14-22(19)23/h2-16H,17H2,1H3,(H,26,28)/b25-16-. The number of para-hydroxylation sites is 1. The first kappa shape index (κ1) is 20.6. The van der Waals surface area contributed by atoms with Gasteiger partial charge in [0, 0.05) is 5.56 Å². The van der Waals surface area contributed by atoms with E-state index < -0.39 is 15.9 Å². The molecular weight excluding hydrogens is 410 g/mol.